The third kappa shape index (κ3) is 4.00. The summed E-state index contributed by atoms with van der Waals surface area (Å²) in [5.74, 6) is 0.360. The molecule has 1 heterocycles. The van der Waals surface area contributed by atoms with Crippen molar-refractivity contribution < 1.29 is 14.4 Å². The minimum absolute atomic E-state index is 0.00403. The third-order valence-corrected chi connectivity index (χ3v) is 3.67. The van der Waals surface area contributed by atoms with Crippen LogP contribution in [0.15, 0.2) is 28.8 Å². The second-order valence-electron chi connectivity index (χ2n) is 5.16. The van der Waals surface area contributed by atoms with Crippen molar-refractivity contribution in [3.63, 3.8) is 0 Å². The number of aliphatic hydroxyl groups is 1. The second-order valence-corrected chi connectivity index (χ2v) is 6.00. The van der Waals surface area contributed by atoms with Crippen LogP contribution in [0, 0.1) is 0 Å². The standard InChI is InChI=1S/C15H16Cl2N2O3/c1-8(2)14-6-12(19-22-14)15(21)18-7-13(20)10-4-3-9(16)5-11(10)17/h3-6,8,13,20H,7H2,1-2H3,(H,18,21). The molecular weight excluding hydrogens is 327 g/mol. The van der Waals surface area contributed by atoms with Gasteiger partial charge >= 0.3 is 0 Å². The highest BCUT2D eigenvalue weighted by Gasteiger charge is 2.17. The van der Waals surface area contributed by atoms with E-state index in [9.17, 15) is 9.90 Å². The van der Waals surface area contributed by atoms with Gasteiger partial charge in [0.05, 0.1) is 6.10 Å². The van der Waals surface area contributed by atoms with Crippen molar-refractivity contribution in [2.75, 3.05) is 6.54 Å². The molecule has 0 aliphatic rings. The zero-order valence-corrected chi connectivity index (χ0v) is 13.6. The van der Waals surface area contributed by atoms with Gasteiger partial charge in [-0.05, 0) is 12.1 Å². The summed E-state index contributed by atoms with van der Waals surface area (Å²) in [4.78, 5) is 12.0. The molecule has 1 amide bonds. The van der Waals surface area contributed by atoms with Gasteiger partial charge in [0.25, 0.3) is 5.91 Å². The number of nitrogens with zero attached hydrogens (tertiary/aromatic N) is 1. The van der Waals surface area contributed by atoms with Gasteiger partial charge in [-0.1, -0.05) is 48.3 Å². The minimum atomic E-state index is -0.940. The number of nitrogens with one attached hydrogen (secondary N) is 1. The Kier molecular flexibility index (Phi) is 5.45. The first-order valence-corrected chi connectivity index (χ1v) is 7.52. The highest BCUT2D eigenvalue weighted by atomic mass is 35.5. The molecule has 1 aromatic carbocycles. The summed E-state index contributed by atoms with van der Waals surface area (Å²) < 4.78 is 5.06. The Labute approximate surface area is 138 Å². The van der Waals surface area contributed by atoms with E-state index in [1.54, 1.807) is 18.2 Å². The van der Waals surface area contributed by atoms with Crippen molar-refractivity contribution >= 4 is 29.1 Å². The van der Waals surface area contributed by atoms with Gasteiger partial charge in [-0.15, -0.1) is 0 Å². The number of hydrogen-bond donors (Lipinski definition) is 2. The molecule has 0 saturated heterocycles. The molecular formula is C15H16Cl2N2O3. The fourth-order valence-corrected chi connectivity index (χ4v) is 2.36. The highest BCUT2D eigenvalue weighted by molar-refractivity contribution is 6.35. The number of benzene rings is 1. The highest BCUT2D eigenvalue weighted by Crippen LogP contribution is 2.26. The Balaban J connectivity index is 1.97. The number of rotatable bonds is 5. The van der Waals surface area contributed by atoms with Crippen LogP contribution in [0.2, 0.25) is 10.0 Å². The molecule has 22 heavy (non-hydrogen) atoms. The number of aliphatic hydroxyl groups excluding tert-OH is 1. The lowest BCUT2D eigenvalue weighted by molar-refractivity contribution is 0.0907. The van der Waals surface area contributed by atoms with E-state index in [-0.39, 0.29) is 18.2 Å². The van der Waals surface area contributed by atoms with E-state index in [0.29, 0.717) is 21.4 Å². The van der Waals surface area contributed by atoms with Crippen molar-refractivity contribution in [1.82, 2.24) is 10.5 Å². The monoisotopic (exact) mass is 342 g/mol. The molecule has 0 aliphatic heterocycles. The van der Waals surface area contributed by atoms with Gasteiger partial charge in [0.1, 0.15) is 5.76 Å². The van der Waals surface area contributed by atoms with Gasteiger partial charge in [-0.2, -0.15) is 0 Å². The lowest BCUT2D eigenvalue weighted by Gasteiger charge is -2.13. The third-order valence-electron chi connectivity index (χ3n) is 3.11. The first-order valence-electron chi connectivity index (χ1n) is 6.76. The Morgan fingerprint density at radius 2 is 2.09 bits per heavy atom. The number of carbonyl (C=O) groups excluding carboxylic acids is 1. The first-order chi connectivity index (χ1) is 10.4. The van der Waals surface area contributed by atoms with Crippen LogP contribution in [-0.2, 0) is 0 Å². The molecule has 0 aliphatic carbocycles. The summed E-state index contributed by atoms with van der Waals surface area (Å²) in [5, 5.41) is 17.2. The van der Waals surface area contributed by atoms with Crippen molar-refractivity contribution in [3.8, 4) is 0 Å². The van der Waals surface area contributed by atoms with E-state index in [1.165, 1.54) is 6.07 Å². The second kappa shape index (κ2) is 7.13. The molecule has 2 aromatic rings. The number of hydrogen-bond acceptors (Lipinski definition) is 4. The Bertz CT molecular complexity index is 671. The molecule has 0 fully saturated rings. The average Bonchev–Trinajstić information content (AvgIpc) is 2.94. The summed E-state index contributed by atoms with van der Waals surface area (Å²) in [6.45, 7) is 3.88. The zero-order valence-electron chi connectivity index (χ0n) is 12.1. The molecule has 0 radical (unpaired) electrons. The van der Waals surface area contributed by atoms with Gasteiger partial charge in [0.15, 0.2) is 5.69 Å². The van der Waals surface area contributed by atoms with Gasteiger partial charge in [0, 0.05) is 34.1 Å². The first kappa shape index (κ1) is 16.8. The largest absolute Gasteiger partial charge is 0.387 e. The molecule has 118 valence electrons. The molecule has 2 N–H and O–H groups in total. The van der Waals surface area contributed by atoms with Crippen LogP contribution >= 0.6 is 23.2 Å². The number of aromatic nitrogens is 1. The molecule has 7 heteroatoms. The Morgan fingerprint density at radius 3 is 2.68 bits per heavy atom. The topological polar surface area (TPSA) is 75.4 Å². The quantitative estimate of drug-likeness (QED) is 0.870. The van der Waals surface area contributed by atoms with E-state index in [0.717, 1.165) is 0 Å². The Morgan fingerprint density at radius 1 is 1.36 bits per heavy atom. The van der Waals surface area contributed by atoms with Crippen LogP contribution in [0.25, 0.3) is 0 Å². The van der Waals surface area contributed by atoms with Crippen molar-refractivity contribution in [2.24, 2.45) is 0 Å². The van der Waals surface area contributed by atoms with Crippen LogP contribution in [0.5, 0.6) is 0 Å². The molecule has 5 nitrogen and oxygen atoms in total. The van der Waals surface area contributed by atoms with Crippen LogP contribution in [0.4, 0.5) is 0 Å². The summed E-state index contributed by atoms with van der Waals surface area (Å²) >= 11 is 11.8. The van der Waals surface area contributed by atoms with E-state index >= 15 is 0 Å². The molecule has 2 rings (SSSR count). The number of amides is 1. The molecule has 0 bridgehead atoms. The van der Waals surface area contributed by atoms with Gasteiger partial charge in [0.2, 0.25) is 0 Å². The molecule has 1 atom stereocenters. The van der Waals surface area contributed by atoms with Crippen LogP contribution in [0.1, 0.15) is 47.7 Å². The predicted octanol–water partition coefficient (Wildman–Crippen LogP) is 3.57. The zero-order chi connectivity index (χ0) is 16.3. The number of halogens is 2. The van der Waals surface area contributed by atoms with E-state index < -0.39 is 12.0 Å². The SMILES string of the molecule is CC(C)c1cc(C(=O)NCC(O)c2ccc(Cl)cc2Cl)no1. The molecule has 1 unspecified atom stereocenters. The summed E-state index contributed by atoms with van der Waals surface area (Å²) in [5.41, 5.74) is 0.674. The van der Waals surface area contributed by atoms with Gasteiger partial charge < -0.3 is 14.9 Å². The lowest BCUT2D eigenvalue weighted by Crippen LogP contribution is -2.28. The fraction of sp³-hybridized carbons (Fsp3) is 0.333. The summed E-state index contributed by atoms with van der Waals surface area (Å²) in [6.07, 6.45) is -0.940. The van der Waals surface area contributed by atoms with E-state index in [4.69, 9.17) is 27.7 Å². The van der Waals surface area contributed by atoms with Gasteiger partial charge in [-0.3, -0.25) is 4.79 Å². The maximum atomic E-state index is 12.0. The van der Waals surface area contributed by atoms with Crippen LogP contribution in [0.3, 0.4) is 0 Å². The van der Waals surface area contributed by atoms with Crippen LogP contribution < -0.4 is 5.32 Å². The normalized spacial score (nSPS) is 12.5. The predicted molar refractivity (Wildman–Crippen MR) is 84.3 cm³/mol. The fourth-order valence-electron chi connectivity index (χ4n) is 1.83. The molecule has 0 spiro atoms. The van der Waals surface area contributed by atoms with Crippen LogP contribution in [-0.4, -0.2) is 22.7 Å². The molecule has 0 saturated carbocycles. The summed E-state index contributed by atoms with van der Waals surface area (Å²) in [7, 11) is 0. The number of carbonyl (C=O) groups is 1. The van der Waals surface area contributed by atoms with E-state index in [2.05, 4.69) is 10.5 Å². The summed E-state index contributed by atoms with van der Waals surface area (Å²) in [6, 6.07) is 6.37. The Hall–Kier alpha value is -1.56. The van der Waals surface area contributed by atoms with Crippen molar-refractivity contribution in [1.29, 1.82) is 0 Å². The average molecular weight is 343 g/mol. The van der Waals surface area contributed by atoms with Gasteiger partial charge in [-0.25, -0.2) is 0 Å². The van der Waals surface area contributed by atoms with Crippen molar-refractivity contribution in [2.45, 2.75) is 25.9 Å². The maximum absolute atomic E-state index is 12.0. The smallest absolute Gasteiger partial charge is 0.273 e. The lowest BCUT2D eigenvalue weighted by atomic mass is 10.1. The van der Waals surface area contributed by atoms with E-state index in [1.807, 2.05) is 13.8 Å². The maximum Gasteiger partial charge on any atom is 0.273 e. The van der Waals surface area contributed by atoms with Crippen molar-refractivity contribution in [3.05, 3.63) is 51.3 Å². The molecule has 1 aromatic heterocycles. The minimum Gasteiger partial charge on any atom is -0.387 e.